The van der Waals surface area contributed by atoms with Gasteiger partial charge in [0.25, 0.3) is 5.91 Å². The molecule has 2 rings (SSSR count). The first-order valence-electron chi connectivity index (χ1n) is 5.33. The van der Waals surface area contributed by atoms with E-state index in [9.17, 15) is 9.59 Å². The largest absolute Gasteiger partial charge is 0.475 e. The summed E-state index contributed by atoms with van der Waals surface area (Å²) in [5.41, 5.74) is 0.547. The van der Waals surface area contributed by atoms with Crippen molar-refractivity contribution in [1.29, 1.82) is 0 Å². The predicted octanol–water partition coefficient (Wildman–Crippen LogP) is 0.401. The van der Waals surface area contributed by atoms with Crippen LogP contribution in [-0.2, 0) is 6.54 Å². The number of nitrogens with zero attached hydrogens (tertiary/aromatic N) is 3. The van der Waals surface area contributed by atoms with Gasteiger partial charge in [-0.3, -0.25) is 4.79 Å². The summed E-state index contributed by atoms with van der Waals surface area (Å²) in [7, 11) is 0. The number of nitrogens with one attached hydrogen (secondary N) is 1. The number of aromatic carboxylic acids is 1. The minimum absolute atomic E-state index is 0.0943. The Balaban J connectivity index is 1.99. The van der Waals surface area contributed by atoms with Crippen molar-refractivity contribution in [3.05, 3.63) is 41.3 Å². The normalized spacial score (nSPS) is 10.2. The van der Waals surface area contributed by atoms with Crippen LogP contribution in [-0.4, -0.2) is 32.1 Å². The van der Waals surface area contributed by atoms with Gasteiger partial charge in [-0.25, -0.2) is 14.8 Å². The summed E-state index contributed by atoms with van der Waals surface area (Å²) in [4.78, 5) is 30.3. The highest BCUT2D eigenvalue weighted by molar-refractivity contribution is 5.94. The molecule has 2 aromatic heterocycles. The van der Waals surface area contributed by atoms with Crippen molar-refractivity contribution < 1.29 is 19.2 Å². The molecule has 1 amide bonds. The SMILES string of the molecule is Cc1nccc(CNC(=O)c2cc(C(=O)O)on2)n1. The van der Waals surface area contributed by atoms with Crippen molar-refractivity contribution in [3.63, 3.8) is 0 Å². The van der Waals surface area contributed by atoms with Crippen molar-refractivity contribution >= 4 is 11.9 Å². The molecule has 0 aliphatic heterocycles. The molecule has 2 aromatic rings. The van der Waals surface area contributed by atoms with E-state index >= 15 is 0 Å². The molecule has 0 saturated heterocycles. The van der Waals surface area contributed by atoms with Crippen LogP contribution in [0.5, 0.6) is 0 Å². The van der Waals surface area contributed by atoms with E-state index in [2.05, 4.69) is 25.0 Å². The lowest BCUT2D eigenvalue weighted by molar-refractivity contribution is 0.0651. The van der Waals surface area contributed by atoms with E-state index in [4.69, 9.17) is 5.11 Å². The Kier molecular flexibility index (Phi) is 3.51. The van der Waals surface area contributed by atoms with Crippen LogP contribution in [0.4, 0.5) is 0 Å². The average molecular weight is 262 g/mol. The molecule has 0 unspecified atom stereocenters. The number of carbonyl (C=O) groups is 2. The van der Waals surface area contributed by atoms with Crippen molar-refractivity contribution in [2.75, 3.05) is 0 Å². The standard InChI is InChI=1S/C11H10N4O4/c1-6-12-3-2-7(14-6)5-13-10(16)8-4-9(11(17)18)19-15-8/h2-4H,5H2,1H3,(H,13,16)(H,17,18). The van der Waals surface area contributed by atoms with Gasteiger partial charge in [0.1, 0.15) is 5.82 Å². The number of amides is 1. The highest BCUT2D eigenvalue weighted by Crippen LogP contribution is 2.03. The van der Waals surface area contributed by atoms with Gasteiger partial charge >= 0.3 is 5.97 Å². The summed E-state index contributed by atoms with van der Waals surface area (Å²) in [6, 6.07) is 2.72. The third-order valence-electron chi connectivity index (χ3n) is 2.22. The van der Waals surface area contributed by atoms with Crippen molar-refractivity contribution in [3.8, 4) is 0 Å². The van der Waals surface area contributed by atoms with Crippen LogP contribution in [0.2, 0.25) is 0 Å². The molecule has 0 aliphatic carbocycles. The molecule has 0 radical (unpaired) electrons. The highest BCUT2D eigenvalue weighted by atomic mass is 16.5. The van der Waals surface area contributed by atoms with Crippen molar-refractivity contribution in [1.82, 2.24) is 20.4 Å². The lowest BCUT2D eigenvalue weighted by atomic mass is 10.3. The van der Waals surface area contributed by atoms with Gasteiger partial charge < -0.3 is 14.9 Å². The van der Waals surface area contributed by atoms with Gasteiger partial charge in [0.15, 0.2) is 5.69 Å². The molecule has 0 saturated carbocycles. The number of aryl methyl sites for hydroxylation is 1. The summed E-state index contributed by atoms with van der Waals surface area (Å²) in [5.74, 6) is -1.60. The van der Waals surface area contributed by atoms with E-state index in [1.807, 2.05) is 0 Å². The Hall–Kier alpha value is -2.77. The molecule has 98 valence electrons. The minimum Gasteiger partial charge on any atom is -0.475 e. The van der Waals surface area contributed by atoms with Crippen LogP contribution in [0.25, 0.3) is 0 Å². The summed E-state index contributed by atoms with van der Waals surface area (Å²) in [5, 5.41) is 14.6. The van der Waals surface area contributed by atoms with Crippen LogP contribution >= 0.6 is 0 Å². The molecule has 0 aromatic carbocycles. The monoisotopic (exact) mass is 262 g/mol. The van der Waals surface area contributed by atoms with Gasteiger partial charge in [0.2, 0.25) is 5.76 Å². The summed E-state index contributed by atoms with van der Waals surface area (Å²) in [6.45, 7) is 1.93. The zero-order valence-electron chi connectivity index (χ0n) is 9.95. The Bertz CT molecular complexity index is 623. The smallest absolute Gasteiger partial charge is 0.374 e. The lowest BCUT2D eigenvalue weighted by Gasteiger charge is -2.02. The van der Waals surface area contributed by atoms with E-state index in [1.54, 1.807) is 19.2 Å². The summed E-state index contributed by atoms with van der Waals surface area (Å²) < 4.78 is 4.48. The average Bonchev–Trinajstić information content (AvgIpc) is 2.86. The number of carboxylic acids is 1. The van der Waals surface area contributed by atoms with E-state index in [1.165, 1.54) is 0 Å². The van der Waals surface area contributed by atoms with E-state index < -0.39 is 11.9 Å². The first-order valence-corrected chi connectivity index (χ1v) is 5.33. The van der Waals surface area contributed by atoms with Crippen LogP contribution in [0, 0.1) is 6.92 Å². The summed E-state index contributed by atoms with van der Waals surface area (Å²) >= 11 is 0. The topological polar surface area (TPSA) is 118 Å². The van der Waals surface area contributed by atoms with Gasteiger partial charge in [-0.05, 0) is 13.0 Å². The third-order valence-corrected chi connectivity index (χ3v) is 2.22. The number of carboxylic acid groups (broad SMARTS) is 1. The second-order valence-electron chi connectivity index (χ2n) is 3.66. The second-order valence-corrected chi connectivity index (χ2v) is 3.66. The molecule has 0 atom stereocenters. The maximum absolute atomic E-state index is 11.7. The van der Waals surface area contributed by atoms with Gasteiger partial charge in [0.05, 0.1) is 12.2 Å². The van der Waals surface area contributed by atoms with Gasteiger partial charge in [0, 0.05) is 12.3 Å². The predicted molar refractivity (Wildman–Crippen MR) is 61.4 cm³/mol. The van der Waals surface area contributed by atoms with E-state index in [0.717, 1.165) is 6.07 Å². The fourth-order valence-corrected chi connectivity index (χ4v) is 1.35. The van der Waals surface area contributed by atoms with E-state index in [-0.39, 0.29) is 18.0 Å². The maximum atomic E-state index is 11.7. The number of aromatic nitrogens is 3. The minimum atomic E-state index is -1.28. The first-order chi connectivity index (χ1) is 9.06. The molecule has 0 fully saturated rings. The quantitative estimate of drug-likeness (QED) is 0.818. The molecule has 0 aliphatic rings. The Morgan fingerprint density at radius 3 is 2.89 bits per heavy atom. The molecule has 8 nitrogen and oxygen atoms in total. The van der Waals surface area contributed by atoms with Crippen LogP contribution in [0.1, 0.15) is 32.6 Å². The second kappa shape index (κ2) is 5.25. The molecule has 0 bridgehead atoms. The zero-order valence-corrected chi connectivity index (χ0v) is 9.95. The molecular formula is C11H10N4O4. The number of hydrogen-bond donors (Lipinski definition) is 2. The fraction of sp³-hybridized carbons (Fsp3) is 0.182. The number of carbonyl (C=O) groups excluding carboxylic acids is 1. The van der Waals surface area contributed by atoms with Gasteiger partial charge in [-0.1, -0.05) is 5.16 Å². The van der Waals surface area contributed by atoms with Crippen LogP contribution in [0.15, 0.2) is 22.9 Å². The fourth-order valence-electron chi connectivity index (χ4n) is 1.35. The molecule has 2 heterocycles. The third kappa shape index (κ3) is 3.12. The maximum Gasteiger partial charge on any atom is 0.374 e. The Labute approximate surface area is 107 Å². The first kappa shape index (κ1) is 12.7. The number of rotatable bonds is 4. The summed E-state index contributed by atoms with van der Waals surface area (Å²) in [6.07, 6.45) is 1.59. The zero-order chi connectivity index (χ0) is 13.8. The van der Waals surface area contributed by atoms with Crippen LogP contribution < -0.4 is 5.32 Å². The molecule has 2 N–H and O–H groups in total. The number of hydrogen-bond acceptors (Lipinski definition) is 6. The Morgan fingerprint density at radius 1 is 1.47 bits per heavy atom. The highest BCUT2D eigenvalue weighted by Gasteiger charge is 2.16. The molecule has 19 heavy (non-hydrogen) atoms. The van der Waals surface area contributed by atoms with Crippen molar-refractivity contribution in [2.45, 2.75) is 13.5 Å². The lowest BCUT2D eigenvalue weighted by Crippen LogP contribution is -2.23. The molecule has 0 spiro atoms. The Morgan fingerprint density at radius 2 is 2.26 bits per heavy atom. The van der Waals surface area contributed by atoms with E-state index in [0.29, 0.717) is 11.5 Å². The van der Waals surface area contributed by atoms with Gasteiger partial charge in [-0.2, -0.15) is 0 Å². The molecule has 8 heteroatoms. The molecular weight excluding hydrogens is 252 g/mol. The van der Waals surface area contributed by atoms with Crippen molar-refractivity contribution in [2.24, 2.45) is 0 Å². The van der Waals surface area contributed by atoms with Crippen LogP contribution in [0.3, 0.4) is 0 Å². The van der Waals surface area contributed by atoms with Gasteiger partial charge in [-0.15, -0.1) is 0 Å².